The van der Waals surface area contributed by atoms with Crippen molar-refractivity contribution in [2.24, 2.45) is 0 Å². The number of carbonyl (C=O) groups is 2. The molecule has 5 rings (SSSR count). The molecule has 0 saturated carbocycles. The molecule has 2 aliphatic heterocycles. The van der Waals surface area contributed by atoms with Crippen molar-refractivity contribution in [2.45, 2.75) is 52.7 Å². The van der Waals surface area contributed by atoms with Crippen molar-refractivity contribution in [3.8, 4) is 5.88 Å². The summed E-state index contributed by atoms with van der Waals surface area (Å²) in [6, 6.07) is 3.58. The number of pyridine rings is 2. The van der Waals surface area contributed by atoms with Crippen LogP contribution in [0, 0.1) is 6.92 Å². The van der Waals surface area contributed by atoms with Gasteiger partial charge in [0.15, 0.2) is 0 Å². The molecule has 0 aromatic carbocycles. The van der Waals surface area contributed by atoms with Crippen molar-refractivity contribution in [1.82, 2.24) is 19.9 Å². The third-order valence-electron chi connectivity index (χ3n) is 6.60. The number of esters is 1. The first-order chi connectivity index (χ1) is 19.1. The molecule has 40 heavy (non-hydrogen) atoms. The van der Waals surface area contributed by atoms with Gasteiger partial charge in [-0.05, 0) is 51.8 Å². The van der Waals surface area contributed by atoms with Crippen LogP contribution < -0.4 is 19.9 Å². The molecule has 0 spiro atoms. The molecule has 12 nitrogen and oxygen atoms in total. The Labute approximate surface area is 232 Å². The van der Waals surface area contributed by atoms with Crippen LogP contribution in [0.5, 0.6) is 5.88 Å². The summed E-state index contributed by atoms with van der Waals surface area (Å²) in [6.45, 7) is 9.56. The average Bonchev–Trinajstić information content (AvgIpc) is 2.92. The van der Waals surface area contributed by atoms with Crippen molar-refractivity contribution in [2.75, 3.05) is 41.9 Å². The molecular weight excluding hydrogens is 514 g/mol. The number of anilines is 4. The zero-order valence-corrected chi connectivity index (χ0v) is 23.4. The smallest absolute Gasteiger partial charge is 0.415 e. The quantitative estimate of drug-likeness (QED) is 0.469. The van der Waals surface area contributed by atoms with Gasteiger partial charge in [-0.3, -0.25) is 14.7 Å². The molecule has 0 saturated heterocycles. The van der Waals surface area contributed by atoms with E-state index >= 15 is 0 Å². The van der Waals surface area contributed by atoms with Crippen LogP contribution in [-0.2, 0) is 33.7 Å². The lowest BCUT2D eigenvalue weighted by atomic mass is 10.0. The van der Waals surface area contributed by atoms with E-state index < -0.39 is 11.7 Å². The maximum Gasteiger partial charge on any atom is 0.415 e. The fraction of sp³-hybridized carbons (Fsp3) is 0.429. The largest absolute Gasteiger partial charge is 0.474 e. The van der Waals surface area contributed by atoms with E-state index in [1.807, 2.05) is 40.0 Å². The normalized spacial score (nSPS) is 14.5. The third-order valence-corrected chi connectivity index (χ3v) is 6.60. The maximum atomic E-state index is 13.0. The topological polar surface area (TPSA) is 132 Å². The molecule has 0 aliphatic carbocycles. The highest BCUT2D eigenvalue weighted by Gasteiger charge is 2.32. The van der Waals surface area contributed by atoms with Gasteiger partial charge in [0, 0.05) is 18.3 Å². The molecule has 0 unspecified atom stereocenters. The van der Waals surface area contributed by atoms with Gasteiger partial charge in [-0.1, -0.05) is 0 Å². The first-order valence-electron chi connectivity index (χ1n) is 13.1. The van der Waals surface area contributed by atoms with E-state index in [1.165, 1.54) is 7.11 Å². The van der Waals surface area contributed by atoms with Crippen LogP contribution >= 0.6 is 0 Å². The van der Waals surface area contributed by atoms with Crippen LogP contribution in [0.3, 0.4) is 0 Å². The summed E-state index contributed by atoms with van der Waals surface area (Å²) in [4.78, 5) is 46.4. The van der Waals surface area contributed by atoms with E-state index in [4.69, 9.17) is 14.5 Å². The minimum atomic E-state index is -0.613. The molecule has 3 aromatic heterocycles. The number of nitrogens with one attached hydrogen (secondary N) is 1. The number of rotatable bonds is 5. The summed E-state index contributed by atoms with van der Waals surface area (Å²) >= 11 is 0. The van der Waals surface area contributed by atoms with Crippen molar-refractivity contribution in [3.05, 3.63) is 53.2 Å². The monoisotopic (exact) mass is 547 g/mol. The molecule has 2 aliphatic rings. The maximum absolute atomic E-state index is 13.0. The molecule has 0 radical (unpaired) electrons. The van der Waals surface area contributed by atoms with E-state index in [9.17, 15) is 9.59 Å². The van der Waals surface area contributed by atoms with Gasteiger partial charge in [0.25, 0.3) is 0 Å². The summed E-state index contributed by atoms with van der Waals surface area (Å²) in [5, 5.41) is 3.19. The molecule has 0 atom stereocenters. The predicted molar refractivity (Wildman–Crippen MR) is 148 cm³/mol. The van der Waals surface area contributed by atoms with Crippen molar-refractivity contribution >= 4 is 35.1 Å². The number of nitrogens with zero attached hydrogens (tertiary/aromatic N) is 6. The number of carbonyl (C=O) groups excluding carboxylic acids is 2. The van der Waals surface area contributed by atoms with Crippen LogP contribution in [0.15, 0.2) is 30.7 Å². The fourth-order valence-corrected chi connectivity index (χ4v) is 4.67. The lowest BCUT2D eigenvalue weighted by Gasteiger charge is -2.35. The third kappa shape index (κ3) is 5.90. The first kappa shape index (κ1) is 27.1. The average molecular weight is 548 g/mol. The van der Waals surface area contributed by atoms with Crippen molar-refractivity contribution in [1.29, 1.82) is 0 Å². The lowest BCUT2D eigenvalue weighted by molar-refractivity contribution is -0.139. The zero-order valence-electron chi connectivity index (χ0n) is 23.4. The van der Waals surface area contributed by atoms with Crippen molar-refractivity contribution < 1.29 is 23.8 Å². The van der Waals surface area contributed by atoms with Gasteiger partial charge < -0.3 is 24.4 Å². The Morgan fingerprint density at radius 2 is 1.93 bits per heavy atom. The lowest BCUT2D eigenvalue weighted by Crippen LogP contribution is -2.42. The summed E-state index contributed by atoms with van der Waals surface area (Å²) in [6.07, 6.45) is 5.73. The highest BCUT2D eigenvalue weighted by atomic mass is 16.6. The Morgan fingerprint density at radius 1 is 1.10 bits per heavy atom. The number of hydrogen-bond acceptors (Lipinski definition) is 11. The molecule has 210 valence electrons. The van der Waals surface area contributed by atoms with Crippen LogP contribution in [0.2, 0.25) is 0 Å². The standard InChI is InChI=1S/C28H33N7O5/c1-17-22(15-30-25-24(17)35(10-11-39-25)27(37)40-28(2,3)4)34-9-8-18-13-31-26(33-21(18)16-34)32-20-7-6-19(29-14-20)12-23(36)38-5/h6-7,13-15H,8-12,16H2,1-5H3,(H,31,32,33). The Bertz CT molecular complexity index is 1420. The highest BCUT2D eigenvalue weighted by Crippen LogP contribution is 2.39. The van der Waals surface area contributed by atoms with Crippen LogP contribution in [0.4, 0.5) is 27.8 Å². The fourth-order valence-electron chi connectivity index (χ4n) is 4.67. The van der Waals surface area contributed by atoms with E-state index in [1.54, 1.807) is 23.4 Å². The van der Waals surface area contributed by atoms with Gasteiger partial charge in [-0.25, -0.2) is 19.7 Å². The molecule has 3 aromatic rings. The van der Waals surface area contributed by atoms with Gasteiger partial charge in [0.05, 0.1) is 61.8 Å². The Morgan fingerprint density at radius 3 is 2.65 bits per heavy atom. The summed E-state index contributed by atoms with van der Waals surface area (Å²) in [5.41, 5.74) is 5.12. The van der Waals surface area contributed by atoms with E-state index in [2.05, 4.69) is 29.9 Å². The Hall–Kier alpha value is -4.48. The van der Waals surface area contributed by atoms with Gasteiger partial charge in [-0.2, -0.15) is 0 Å². The second kappa shape index (κ2) is 10.9. The van der Waals surface area contributed by atoms with Gasteiger partial charge in [-0.15, -0.1) is 0 Å². The molecule has 12 heteroatoms. The molecule has 1 amide bonds. The number of hydrogen-bond donors (Lipinski definition) is 1. The predicted octanol–water partition coefficient (Wildman–Crippen LogP) is 3.73. The summed E-state index contributed by atoms with van der Waals surface area (Å²) in [7, 11) is 1.35. The molecule has 5 heterocycles. The highest BCUT2D eigenvalue weighted by molar-refractivity contribution is 5.92. The van der Waals surface area contributed by atoms with Gasteiger partial charge in [0.2, 0.25) is 11.8 Å². The van der Waals surface area contributed by atoms with E-state index in [-0.39, 0.29) is 12.4 Å². The first-order valence-corrected chi connectivity index (χ1v) is 13.1. The summed E-state index contributed by atoms with van der Waals surface area (Å²) < 4.78 is 16.1. The van der Waals surface area contributed by atoms with Gasteiger partial charge in [0.1, 0.15) is 17.9 Å². The zero-order chi connectivity index (χ0) is 28.4. The number of methoxy groups -OCH3 is 1. The van der Waals surface area contributed by atoms with Crippen LogP contribution in [0.25, 0.3) is 0 Å². The van der Waals surface area contributed by atoms with Crippen molar-refractivity contribution in [3.63, 3.8) is 0 Å². The van der Waals surface area contributed by atoms with Gasteiger partial charge >= 0.3 is 12.1 Å². The minimum Gasteiger partial charge on any atom is -0.474 e. The Balaban J connectivity index is 1.34. The summed E-state index contributed by atoms with van der Waals surface area (Å²) in [5.74, 6) is 0.536. The minimum absolute atomic E-state index is 0.112. The number of ether oxygens (including phenoxy) is 3. The second-order valence-electron chi connectivity index (χ2n) is 10.7. The second-order valence-corrected chi connectivity index (χ2v) is 10.7. The molecule has 0 bridgehead atoms. The number of fused-ring (bicyclic) bond motifs is 2. The molecule has 0 fully saturated rings. The van der Waals surface area contributed by atoms with E-state index in [0.29, 0.717) is 48.6 Å². The number of amides is 1. The molecular formula is C28H33N7O5. The number of aromatic nitrogens is 4. The van der Waals surface area contributed by atoms with E-state index in [0.717, 1.165) is 35.5 Å². The SMILES string of the molecule is COC(=O)Cc1ccc(Nc2ncc3c(n2)CN(c2cnc4c(c2C)N(C(=O)OC(C)(C)C)CCO4)CC3)cn1. The molecule has 1 N–H and O–H groups in total. The van der Waals surface area contributed by atoms with Crippen LogP contribution in [0.1, 0.15) is 43.3 Å². The Kier molecular flexibility index (Phi) is 7.42. The van der Waals surface area contributed by atoms with Crippen LogP contribution in [-0.4, -0.2) is 64.4 Å².